The first kappa shape index (κ1) is 21.9. The van der Waals surface area contributed by atoms with Gasteiger partial charge in [0.1, 0.15) is 6.04 Å². The summed E-state index contributed by atoms with van der Waals surface area (Å²) in [6, 6.07) is -1.64. The number of halogens is 3. The first-order chi connectivity index (χ1) is 11.7. The van der Waals surface area contributed by atoms with Gasteiger partial charge in [-0.05, 0) is 25.8 Å². The molecule has 1 heterocycles. The number of ether oxygens (including phenoxy) is 1. The molecule has 144 valence electrons. The molecule has 1 rings (SSSR count). The summed E-state index contributed by atoms with van der Waals surface area (Å²) >= 11 is 0.346. The molecule has 25 heavy (non-hydrogen) atoms. The van der Waals surface area contributed by atoms with E-state index in [2.05, 4.69) is 10.1 Å². The van der Waals surface area contributed by atoms with Gasteiger partial charge in [-0.1, -0.05) is 31.5 Å². The van der Waals surface area contributed by atoms with Crippen LogP contribution in [0, 0.1) is 5.92 Å². The van der Waals surface area contributed by atoms with Crippen LogP contribution in [-0.2, 0) is 19.1 Å². The Labute approximate surface area is 148 Å². The molecule has 0 amide bonds. The quantitative estimate of drug-likeness (QED) is 0.486. The van der Waals surface area contributed by atoms with Crippen molar-refractivity contribution < 1.29 is 32.3 Å². The number of carbonyl (C=O) groups is 3. The van der Waals surface area contributed by atoms with Crippen LogP contribution >= 0.6 is 11.8 Å². The predicted octanol–water partition coefficient (Wildman–Crippen LogP) is 1.76. The molecule has 0 spiro atoms. The van der Waals surface area contributed by atoms with E-state index in [1.165, 1.54) is 0 Å². The van der Waals surface area contributed by atoms with Crippen LogP contribution in [0.3, 0.4) is 0 Å². The molecule has 3 N–H and O–H groups in total. The van der Waals surface area contributed by atoms with Crippen molar-refractivity contribution in [3.05, 3.63) is 0 Å². The highest BCUT2D eigenvalue weighted by Gasteiger charge is 2.47. The number of thioether (sulfide) groups is 1. The summed E-state index contributed by atoms with van der Waals surface area (Å²) in [5.41, 5.74) is 5.61. The Kier molecular flexibility index (Phi) is 8.87. The summed E-state index contributed by atoms with van der Waals surface area (Å²) in [6.07, 6.45) is -1.98. The minimum Gasteiger partial charge on any atom is -0.391 e. The van der Waals surface area contributed by atoms with Crippen molar-refractivity contribution >= 4 is 28.8 Å². The minimum atomic E-state index is -4.92. The molecule has 2 unspecified atom stereocenters. The van der Waals surface area contributed by atoms with Gasteiger partial charge in [-0.15, -0.1) is 0 Å². The second-order valence-electron chi connectivity index (χ2n) is 5.86. The molecule has 6 nitrogen and oxygen atoms in total. The van der Waals surface area contributed by atoms with Gasteiger partial charge in [0.15, 0.2) is 5.92 Å². The van der Waals surface area contributed by atoms with E-state index >= 15 is 0 Å². The number of esters is 2. The molecule has 0 aromatic carbocycles. The van der Waals surface area contributed by atoms with E-state index in [1.807, 2.05) is 6.92 Å². The highest BCUT2D eigenvalue weighted by atomic mass is 32.2. The van der Waals surface area contributed by atoms with E-state index in [0.717, 1.165) is 6.42 Å². The van der Waals surface area contributed by atoms with Gasteiger partial charge in [0, 0.05) is 5.75 Å². The Bertz CT molecular complexity index is 482. The number of hydrogen-bond acceptors (Lipinski definition) is 7. The zero-order valence-corrected chi connectivity index (χ0v) is 14.8. The number of nitrogens with one attached hydrogen (secondary N) is 1. The number of rotatable bonds is 8. The smallest absolute Gasteiger partial charge is 0.391 e. The number of unbranched alkanes of at least 4 members (excludes halogenated alkanes) is 1. The molecule has 0 aromatic heterocycles. The van der Waals surface area contributed by atoms with Crippen molar-refractivity contribution in [1.29, 1.82) is 0 Å². The summed E-state index contributed by atoms with van der Waals surface area (Å²) in [5, 5.41) is 2.13. The summed E-state index contributed by atoms with van der Waals surface area (Å²) in [6.45, 7) is 2.44. The highest BCUT2D eigenvalue weighted by Crippen LogP contribution is 2.31. The van der Waals surface area contributed by atoms with Crippen LogP contribution in [0.25, 0.3) is 0 Å². The SMILES string of the molecule is CCCCC(N)C(=O)SCC(C(=O)OC(=O)[C@@H]1CCCN1)C(F)(F)F. The van der Waals surface area contributed by atoms with E-state index in [-0.39, 0.29) is 0 Å². The van der Waals surface area contributed by atoms with Gasteiger partial charge in [-0.25, -0.2) is 4.79 Å². The molecular weight excluding hydrogens is 361 g/mol. The van der Waals surface area contributed by atoms with Gasteiger partial charge in [-0.2, -0.15) is 13.2 Å². The third-order valence-electron chi connectivity index (χ3n) is 3.79. The van der Waals surface area contributed by atoms with Gasteiger partial charge in [0.2, 0.25) is 5.12 Å². The molecular formula is C15H23F3N2O4S. The second kappa shape index (κ2) is 10.1. The molecule has 0 aromatic rings. The molecule has 0 aliphatic carbocycles. The van der Waals surface area contributed by atoms with Crippen LogP contribution in [0.4, 0.5) is 13.2 Å². The van der Waals surface area contributed by atoms with E-state index < -0.39 is 47.0 Å². The van der Waals surface area contributed by atoms with Crippen molar-refractivity contribution in [3.63, 3.8) is 0 Å². The maximum absolute atomic E-state index is 13.1. The Morgan fingerprint density at radius 2 is 2.04 bits per heavy atom. The maximum Gasteiger partial charge on any atom is 0.403 e. The Morgan fingerprint density at radius 3 is 2.56 bits per heavy atom. The summed E-state index contributed by atoms with van der Waals surface area (Å²) in [5.74, 6) is -6.11. The van der Waals surface area contributed by atoms with Crippen LogP contribution in [0.2, 0.25) is 0 Å². The van der Waals surface area contributed by atoms with Crippen LogP contribution in [0.1, 0.15) is 39.0 Å². The molecule has 1 aliphatic heterocycles. The van der Waals surface area contributed by atoms with Crippen LogP contribution in [-0.4, -0.2) is 47.6 Å². The number of alkyl halides is 3. The third-order valence-corrected chi connectivity index (χ3v) is 4.88. The zero-order chi connectivity index (χ0) is 19.0. The van der Waals surface area contributed by atoms with Gasteiger partial charge in [-0.3, -0.25) is 9.59 Å². The second-order valence-corrected chi connectivity index (χ2v) is 6.89. The Balaban J connectivity index is 2.60. The molecule has 0 bridgehead atoms. The van der Waals surface area contributed by atoms with E-state index in [9.17, 15) is 27.6 Å². The number of carbonyl (C=O) groups excluding carboxylic acids is 3. The summed E-state index contributed by atoms with van der Waals surface area (Å²) in [4.78, 5) is 35.2. The van der Waals surface area contributed by atoms with Crippen LogP contribution in [0.15, 0.2) is 0 Å². The van der Waals surface area contributed by atoms with Crippen LogP contribution < -0.4 is 11.1 Å². The zero-order valence-electron chi connectivity index (χ0n) is 13.9. The average molecular weight is 384 g/mol. The van der Waals surface area contributed by atoms with Crippen molar-refractivity contribution in [2.45, 2.75) is 57.3 Å². The van der Waals surface area contributed by atoms with Gasteiger partial charge in [0.25, 0.3) is 0 Å². The fourth-order valence-electron chi connectivity index (χ4n) is 2.24. The molecule has 0 radical (unpaired) electrons. The predicted molar refractivity (Wildman–Crippen MR) is 86.6 cm³/mol. The molecule has 1 aliphatic rings. The van der Waals surface area contributed by atoms with Gasteiger partial charge in [0.05, 0.1) is 6.04 Å². The van der Waals surface area contributed by atoms with E-state index in [1.54, 1.807) is 0 Å². The first-order valence-electron chi connectivity index (χ1n) is 8.14. The monoisotopic (exact) mass is 384 g/mol. The van der Waals surface area contributed by atoms with Crippen molar-refractivity contribution in [1.82, 2.24) is 5.32 Å². The van der Waals surface area contributed by atoms with E-state index in [4.69, 9.17) is 5.73 Å². The fraction of sp³-hybridized carbons (Fsp3) is 0.800. The third kappa shape index (κ3) is 7.33. The largest absolute Gasteiger partial charge is 0.403 e. The van der Waals surface area contributed by atoms with E-state index in [0.29, 0.717) is 44.0 Å². The lowest BCUT2D eigenvalue weighted by Crippen LogP contribution is -2.40. The Hall–Kier alpha value is -1.13. The average Bonchev–Trinajstić information content (AvgIpc) is 3.05. The normalized spacial score (nSPS) is 20.1. The highest BCUT2D eigenvalue weighted by molar-refractivity contribution is 8.13. The number of nitrogens with two attached hydrogens (primary N) is 1. The fourth-order valence-corrected chi connectivity index (χ4v) is 3.23. The lowest BCUT2D eigenvalue weighted by molar-refractivity contribution is -0.195. The molecule has 3 atom stereocenters. The molecule has 10 heteroatoms. The van der Waals surface area contributed by atoms with Crippen molar-refractivity contribution in [2.24, 2.45) is 11.7 Å². The van der Waals surface area contributed by atoms with Crippen molar-refractivity contribution in [2.75, 3.05) is 12.3 Å². The van der Waals surface area contributed by atoms with Gasteiger partial charge >= 0.3 is 18.1 Å². The standard InChI is InChI=1S/C15H23F3N2O4S/c1-2-3-5-10(19)14(23)25-8-9(15(16,17)18)12(21)24-13(22)11-6-4-7-20-11/h9-11,20H,2-8,19H2,1H3/t9?,10?,11-/m0/s1. The Morgan fingerprint density at radius 1 is 1.36 bits per heavy atom. The maximum atomic E-state index is 13.1. The summed E-state index contributed by atoms with van der Waals surface area (Å²) in [7, 11) is 0. The topological polar surface area (TPSA) is 98.5 Å². The lowest BCUT2D eigenvalue weighted by Gasteiger charge is -2.19. The first-order valence-corrected chi connectivity index (χ1v) is 9.13. The lowest BCUT2D eigenvalue weighted by atomic mass is 10.1. The summed E-state index contributed by atoms with van der Waals surface area (Å²) < 4.78 is 43.6. The van der Waals surface area contributed by atoms with Crippen molar-refractivity contribution in [3.8, 4) is 0 Å². The molecule has 0 saturated carbocycles. The van der Waals surface area contributed by atoms with Crippen LogP contribution in [0.5, 0.6) is 0 Å². The molecule has 1 fully saturated rings. The molecule has 1 saturated heterocycles. The number of hydrogen-bond donors (Lipinski definition) is 2. The minimum absolute atomic E-state index is 0.346. The van der Waals surface area contributed by atoms with Gasteiger partial charge < -0.3 is 15.8 Å².